The maximum absolute atomic E-state index is 11.7. The van der Waals surface area contributed by atoms with Gasteiger partial charge < -0.3 is 10.4 Å². The second-order valence-corrected chi connectivity index (χ2v) is 6.47. The molecule has 18 heavy (non-hydrogen) atoms. The van der Waals surface area contributed by atoms with E-state index in [0.29, 0.717) is 17.7 Å². The lowest BCUT2D eigenvalue weighted by atomic mass is 9.71. The number of hydrogen-bond donors (Lipinski definition) is 2. The zero-order valence-electron chi connectivity index (χ0n) is 10.8. The summed E-state index contributed by atoms with van der Waals surface area (Å²) in [5.74, 6) is -0.262. The van der Waals surface area contributed by atoms with Crippen molar-refractivity contribution < 1.29 is 9.90 Å². The minimum Gasteiger partial charge on any atom is -0.388 e. The van der Waals surface area contributed by atoms with Gasteiger partial charge in [0.15, 0.2) is 5.69 Å². The van der Waals surface area contributed by atoms with Gasteiger partial charge in [-0.1, -0.05) is 18.3 Å². The second-order valence-electron chi connectivity index (χ2n) is 5.86. The molecule has 1 heterocycles. The Balaban J connectivity index is 1.85. The number of nitrogens with one attached hydrogen (secondary N) is 1. The van der Waals surface area contributed by atoms with Crippen molar-refractivity contribution in [3.8, 4) is 0 Å². The summed E-state index contributed by atoms with van der Waals surface area (Å²) in [6.45, 7) is 4.72. The van der Waals surface area contributed by atoms with Crippen LogP contribution in [-0.2, 0) is 0 Å². The number of aromatic nitrogens is 2. The van der Waals surface area contributed by atoms with Gasteiger partial charge in [-0.05, 0) is 42.6 Å². The molecule has 1 aromatic rings. The topological polar surface area (TPSA) is 75.1 Å². The normalized spacial score (nSPS) is 21.5. The fraction of sp³-hybridized carbons (Fsp3) is 0.750. The minimum absolute atomic E-state index is 0.262. The van der Waals surface area contributed by atoms with Crippen LogP contribution in [0.15, 0.2) is 5.38 Å². The average Bonchev–Trinajstić information content (AvgIpc) is 2.85. The van der Waals surface area contributed by atoms with Crippen LogP contribution in [0.3, 0.4) is 0 Å². The van der Waals surface area contributed by atoms with Crippen molar-refractivity contribution in [1.82, 2.24) is 14.9 Å². The third-order valence-electron chi connectivity index (χ3n) is 3.70. The highest BCUT2D eigenvalue weighted by Crippen LogP contribution is 2.39. The van der Waals surface area contributed by atoms with Gasteiger partial charge in [0.05, 0.1) is 5.60 Å². The molecule has 0 radical (unpaired) electrons. The predicted octanol–water partition coefficient (Wildman–Crippen LogP) is 1.60. The van der Waals surface area contributed by atoms with Crippen LogP contribution in [0.25, 0.3) is 0 Å². The van der Waals surface area contributed by atoms with Crippen molar-refractivity contribution in [3.05, 3.63) is 11.1 Å². The lowest BCUT2D eigenvalue weighted by molar-refractivity contribution is -0.0233. The van der Waals surface area contributed by atoms with Crippen molar-refractivity contribution in [3.63, 3.8) is 0 Å². The van der Waals surface area contributed by atoms with Gasteiger partial charge in [-0.2, -0.15) is 0 Å². The summed E-state index contributed by atoms with van der Waals surface area (Å²) in [5.41, 5.74) is -0.149. The maximum Gasteiger partial charge on any atom is 0.272 e. The molecule has 0 aliphatic heterocycles. The van der Waals surface area contributed by atoms with Crippen molar-refractivity contribution in [1.29, 1.82) is 0 Å². The van der Waals surface area contributed by atoms with Crippen molar-refractivity contribution in [2.45, 2.75) is 45.1 Å². The van der Waals surface area contributed by atoms with Gasteiger partial charge in [0.2, 0.25) is 0 Å². The van der Waals surface area contributed by atoms with Crippen LogP contribution >= 0.6 is 11.5 Å². The highest BCUT2D eigenvalue weighted by atomic mass is 32.1. The zero-order chi connectivity index (χ0) is 13.2. The molecule has 6 heteroatoms. The number of carbonyl (C=O) groups is 1. The number of aliphatic hydroxyl groups is 1. The van der Waals surface area contributed by atoms with E-state index in [2.05, 4.69) is 28.8 Å². The van der Waals surface area contributed by atoms with E-state index in [1.807, 2.05) is 0 Å². The Labute approximate surface area is 111 Å². The highest BCUT2D eigenvalue weighted by molar-refractivity contribution is 7.03. The lowest BCUT2D eigenvalue weighted by Gasteiger charge is -2.40. The molecule has 1 aromatic heterocycles. The Hall–Kier alpha value is -1.01. The van der Waals surface area contributed by atoms with Gasteiger partial charge in [0, 0.05) is 11.9 Å². The second kappa shape index (κ2) is 4.93. The molecule has 0 unspecified atom stereocenters. The molecular formula is C12H19N3O2S. The number of carbonyl (C=O) groups excluding carboxylic acids is 1. The zero-order valence-corrected chi connectivity index (χ0v) is 11.6. The van der Waals surface area contributed by atoms with Crippen LogP contribution in [0, 0.1) is 5.41 Å². The van der Waals surface area contributed by atoms with Crippen LogP contribution in [0.1, 0.15) is 50.0 Å². The lowest BCUT2D eigenvalue weighted by Crippen LogP contribution is -2.46. The van der Waals surface area contributed by atoms with Gasteiger partial charge in [-0.25, -0.2) is 0 Å². The first-order valence-electron chi connectivity index (χ1n) is 6.18. The standard InChI is InChI=1S/C12H19N3O2S/c1-11(2)3-5-12(17,6-4-11)8-13-10(16)9-7-18-15-14-9/h7,17H,3-6,8H2,1-2H3,(H,13,16). The summed E-state index contributed by atoms with van der Waals surface area (Å²) < 4.78 is 3.64. The van der Waals surface area contributed by atoms with E-state index in [4.69, 9.17) is 0 Å². The molecule has 0 atom stereocenters. The van der Waals surface area contributed by atoms with Gasteiger partial charge in [0.1, 0.15) is 0 Å². The van der Waals surface area contributed by atoms with Gasteiger partial charge in [0.25, 0.3) is 5.91 Å². The van der Waals surface area contributed by atoms with E-state index in [-0.39, 0.29) is 5.91 Å². The Bertz CT molecular complexity index is 407. The molecule has 1 fully saturated rings. The molecule has 100 valence electrons. The predicted molar refractivity (Wildman–Crippen MR) is 69.4 cm³/mol. The molecule has 1 saturated carbocycles. The van der Waals surface area contributed by atoms with Crippen molar-refractivity contribution in [2.24, 2.45) is 5.41 Å². The summed E-state index contributed by atoms with van der Waals surface area (Å²) in [5, 5.41) is 18.4. The Morgan fingerprint density at radius 2 is 2.11 bits per heavy atom. The summed E-state index contributed by atoms with van der Waals surface area (Å²) in [6.07, 6.45) is 3.43. The van der Waals surface area contributed by atoms with Crippen LogP contribution in [0.5, 0.6) is 0 Å². The number of nitrogens with zero attached hydrogens (tertiary/aromatic N) is 2. The Kier molecular flexibility index (Phi) is 3.68. The molecule has 2 N–H and O–H groups in total. The van der Waals surface area contributed by atoms with E-state index in [0.717, 1.165) is 37.2 Å². The molecular weight excluding hydrogens is 250 g/mol. The van der Waals surface area contributed by atoms with E-state index < -0.39 is 5.60 Å². The molecule has 0 bridgehead atoms. The average molecular weight is 269 g/mol. The quantitative estimate of drug-likeness (QED) is 0.874. The van der Waals surface area contributed by atoms with E-state index >= 15 is 0 Å². The van der Waals surface area contributed by atoms with E-state index in [9.17, 15) is 9.90 Å². The molecule has 0 aromatic carbocycles. The van der Waals surface area contributed by atoms with E-state index in [1.54, 1.807) is 5.38 Å². The highest BCUT2D eigenvalue weighted by Gasteiger charge is 2.36. The maximum atomic E-state index is 11.7. The summed E-state index contributed by atoms with van der Waals surface area (Å²) in [4.78, 5) is 11.7. The fourth-order valence-electron chi connectivity index (χ4n) is 2.17. The smallest absolute Gasteiger partial charge is 0.272 e. The summed E-state index contributed by atoms with van der Waals surface area (Å²) in [7, 11) is 0. The van der Waals surface area contributed by atoms with Crippen LogP contribution in [0.4, 0.5) is 0 Å². The molecule has 1 aliphatic rings. The third kappa shape index (κ3) is 3.26. The first-order chi connectivity index (χ1) is 8.40. The summed E-state index contributed by atoms with van der Waals surface area (Å²) >= 11 is 1.14. The number of hydrogen-bond acceptors (Lipinski definition) is 5. The molecule has 5 nitrogen and oxygen atoms in total. The first kappa shape index (κ1) is 13.4. The van der Waals surface area contributed by atoms with Crippen molar-refractivity contribution >= 4 is 17.4 Å². The monoisotopic (exact) mass is 269 g/mol. The van der Waals surface area contributed by atoms with Crippen LogP contribution < -0.4 is 5.32 Å². The van der Waals surface area contributed by atoms with Crippen LogP contribution in [-0.4, -0.2) is 32.7 Å². The Morgan fingerprint density at radius 3 is 2.67 bits per heavy atom. The molecule has 2 rings (SSSR count). The number of rotatable bonds is 3. The first-order valence-corrected chi connectivity index (χ1v) is 7.02. The summed E-state index contributed by atoms with van der Waals surface area (Å²) in [6, 6.07) is 0. The van der Waals surface area contributed by atoms with Crippen LogP contribution in [0.2, 0.25) is 0 Å². The molecule has 0 saturated heterocycles. The minimum atomic E-state index is -0.769. The molecule has 0 spiro atoms. The van der Waals surface area contributed by atoms with E-state index in [1.165, 1.54) is 0 Å². The number of amides is 1. The van der Waals surface area contributed by atoms with Gasteiger partial charge in [-0.3, -0.25) is 4.79 Å². The fourth-order valence-corrected chi connectivity index (χ4v) is 2.60. The Morgan fingerprint density at radius 1 is 1.44 bits per heavy atom. The molecule has 1 amide bonds. The van der Waals surface area contributed by atoms with Gasteiger partial charge in [-0.15, -0.1) is 5.10 Å². The largest absolute Gasteiger partial charge is 0.388 e. The SMILES string of the molecule is CC1(C)CCC(O)(CNC(=O)c2csnn2)CC1. The molecule has 1 aliphatic carbocycles. The van der Waals surface area contributed by atoms with Gasteiger partial charge >= 0.3 is 0 Å². The third-order valence-corrected chi connectivity index (χ3v) is 4.21. The van der Waals surface area contributed by atoms with Crippen molar-refractivity contribution in [2.75, 3.05) is 6.54 Å².